The van der Waals surface area contributed by atoms with Gasteiger partial charge in [0, 0.05) is 24.7 Å². The Hall–Kier alpha value is -1.65. The first-order chi connectivity index (χ1) is 9.90. The standard InChI is InChI=1S/C16H21N3O/c1-2-17-11-14-12-20-10-9-19(14)16-15-6-4-3-5-13(15)7-8-18-16/h3-8,14,17H,2,9-12H2,1H3. The molecule has 1 fully saturated rings. The fourth-order valence-electron chi connectivity index (χ4n) is 2.75. The van der Waals surface area contributed by atoms with Crippen molar-refractivity contribution in [3.05, 3.63) is 36.5 Å². The average molecular weight is 271 g/mol. The molecule has 1 aromatic carbocycles. The second-order valence-electron chi connectivity index (χ2n) is 5.09. The number of hydrogen-bond acceptors (Lipinski definition) is 4. The third-order valence-corrected chi connectivity index (χ3v) is 3.78. The van der Waals surface area contributed by atoms with Gasteiger partial charge in [0.2, 0.25) is 0 Å². The highest BCUT2D eigenvalue weighted by Crippen LogP contribution is 2.26. The number of rotatable bonds is 4. The van der Waals surface area contributed by atoms with E-state index >= 15 is 0 Å². The summed E-state index contributed by atoms with van der Waals surface area (Å²) in [5.41, 5.74) is 0. The van der Waals surface area contributed by atoms with Crippen LogP contribution in [-0.2, 0) is 4.74 Å². The van der Waals surface area contributed by atoms with Gasteiger partial charge >= 0.3 is 0 Å². The number of anilines is 1. The van der Waals surface area contributed by atoms with E-state index in [1.54, 1.807) is 0 Å². The molecule has 0 aliphatic carbocycles. The normalized spacial score (nSPS) is 19.4. The van der Waals surface area contributed by atoms with E-state index in [2.05, 4.69) is 52.5 Å². The lowest BCUT2D eigenvalue weighted by Gasteiger charge is -2.37. The fraction of sp³-hybridized carbons (Fsp3) is 0.438. The zero-order valence-corrected chi connectivity index (χ0v) is 11.9. The predicted molar refractivity (Wildman–Crippen MR) is 82.2 cm³/mol. The van der Waals surface area contributed by atoms with Gasteiger partial charge in [-0.3, -0.25) is 0 Å². The van der Waals surface area contributed by atoms with Crippen LogP contribution in [0.4, 0.5) is 5.82 Å². The Labute approximate surface area is 119 Å². The Morgan fingerprint density at radius 3 is 3.15 bits per heavy atom. The molecule has 2 aromatic rings. The molecule has 2 heterocycles. The molecule has 4 nitrogen and oxygen atoms in total. The van der Waals surface area contributed by atoms with Crippen LogP contribution >= 0.6 is 0 Å². The number of pyridine rings is 1. The third kappa shape index (κ3) is 2.62. The first-order valence-corrected chi connectivity index (χ1v) is 7.29. The van der Waals surface area contributed by atoms with Crippen molar-refractivity contribution in [3.8, 4) is 0 Å². The first kappa shape index (κ1) is 13.3. The van der Waals surface area contributed by atoms with Crippen LogP contribution in [0.2, 0.25) is 0 Å². The lowest BCUT2D eigenvalue weighted by Crippen LogP contribution is -2.51. The van der Waals surface area contributed by atoms with E-state index in [-0.39, 0.29) is 0 Å². The molecule has 1 unspecified atom stereocenters. The van der Waals surface area contributed by atoms with Gasteiger partial charge in [-0.1, -0.05) is 31.2 Å². The number of aromatic nitrogens is 1. The summed E-state index contributed by atoms with van der Waals surface area (Å²) in [6, 6.07) is 10.9. The monoisotopic (exact) mass is 271 g/mol. The van der Waals surface area contributed by atoms with Crippen LogP contribution < -0.4 is 10.2 Å². The van der Waals surface area contributed by atoms with Gasteiger partial charge in [-0.2, -0.15) is 0 Å². The number of ether oxygens (including phenoxy) is 1. The maximum Gasteiger partial charge on any atom is 0.136 e. The van der Waals surface area contributed by atoms with Crippen LogP contribution in [0, 0.1) is 0 Å². The summed E-state index contributed by atoms with van der Waals surface area (Å²) in [6.45, 7) is 6.47. The summed E-state index contributed by atoms with van der Waals surface area (Å²) in [5, 5.41) is 5.88. The summed E-state index contributed by atoms with van der Waals surface area (Å²) in [6.07, 6.45) is 1.90. The number of benzene rings is 1. The summed E-state index contributed by atoms with van der Waals surface area (Å²) in [4.78, 5) is 7.01. The summed E-state index contributed by atoms with van der Waals surface area (Å²) >= 11 is 0. The lowest BCUT2D eigenvalue weighted by molar-refractivity contribution is 0.0937. The van der Waals surface area contributed by atoms with Crippen LogP contribution in [0.5, 0.6) is 0 Å². The number of fused-ring (bicyclic) bond motifs is 1. The minimum Gasteiger partial charge on any atom is -0.377 e. The Balaban J connectivity index is 1.95. The van der Waals surface area contributed by atoms with Crippen molar-refractivity contribution < 1.29 is 4.74 Å². The summed E-state index contributed by atoms with van der Waals surface area (Å²) < 4.78 is 5.63. The zero-order chi connectivity index (χ0) is 13.8. The molecule has 0 spiro atoms. The van der Waals surface area contributed by atoms with Gasteiger partial charge in [-0.25, -0.2) is 4.98 Å². The van der Waals surface area contributed by atoms with Crippen molar-refractivity contribution in [1.29, 1.82) is 0 Å². The topological polar surface area (TPSA) is 37.4 Å². The number of hydrogen-bond donors (Lipinski definition) is 1. The van der Waals surface area contributed by atoms with E-state index in [4.69, 9.17) is 4.74 Å². The van der Waals surface area contributed by atoms with Gasteiger partial charge in [0.05, 0.1) is 19.3 Å². The fourth-order valence-corrected chi connectivity index (χ4v) is 2.75. The van der Waals surface area contributed by atoms with Crippen molar-refractivity contribution in [2.75, 3.05) is 37.7 Å². The molecule has 1 aromatic heterocycles. The largest absolute Gasteiger partial charge is 0.377 e. The van der Waals surface area contributed by atoms with Crippen molar-refractivity contribution in [2.45, 2.75) is 13.0 Å². The van der Waals surface area contributed by atoms with Crippen LogP contribution in [-0.4, -0.2) is 43.9 Å². The Morgan fingerprint density at radius 1 is 1.35 bits per heavy atom. The quantitative estimate of drug-likeness (QED) is 0.923. The average Bonchev–Trinajstić information content (AvgIpc) is 2.53. The summed E-state index contributed by atoms with van der Waals surface area (Å²) in [5.74, 6) is 1.08. The molecule has 0 saturated carbocycles. The van der Waals surface area contributed by atoms with Gasteiger partial charge < -0.3 is 15.0 Å². The molecule has 4 heteroatoms. The van der Waals surface area contributed by atoms with E-state index in [0.29, 0.717) is 6.04 Å². The first-order valence-electron chi connectivity index (χ1n) is 7.29. The van der Waals surface area contributed by atoms with E-state index in [1.807, 2.05) is 6.20 Å². The molecule has 106 valence electrons. The van der Waals surface area contributed by atoms with Gasteiger partial charge in [0.25, 0.3) is 0 Å². The van der Waals surface area contributed by atoms with Gasteiger partial charge in [0.15, 0.2) is 0 Å². The van der Waals surface area contributed by atoms with Crippen molar-refractivity contribution >= 4 is 16.6 Å². The Bertz CT molecular complexity index is 567. The Morgan fingerprint density at radius 2 is 2.25 bits per heavy atom. The summed E-state index contributed by atoms with van der Waals surface area (Å²) in [7, 11) is 0. The highest BCUT2D eigenvalue weighted by atomic mass is 16.5. The predicted octanol–water partition coefficient (Wildman–Crippen LogP) is 2.05. The molecule has 0 bridgehead atoms. The number of nitrogens with zero attached hydrogens (tertiary/aromatic N) is 2. The van der Waals surface area contributed by atoms with Crippen LogP contribution in [0.15, 0.2) is 36.5 Å². The van der Waals surface area contributed by atoms with Gasteiger partial charge in [0.1, 0.15) is 5.82 Å². The molecule has 0 amide bonds. The highest BCUT2D eigenvalue weighted by molar-refractivity contribution is 5.92. The number of likely N-dealkylation sites (N-methyl/N-ethyl adjacent to an activating group) is 1. The molecule has 1 N–H and O–H groups in total. The van der Waals surface area contributed by atoms with Gasteiger partial charge in [-0.05, 0) is 18.0 Å². The zero-order valence-electron chi connectivity index (χ0n) is 11.9. The number of morpholine rings is 1. The molecule has 3 rings (SSSR count). The maximum absolute atomic E-state index is 5.63. The molecule has 1 saturated heterocycles. The minimum atomic E-state index is 0.349. The SMILES string of the molecule is CCNCC1COCCN1c1nccc2ccccc12. The second-order valence-corrected chi connectivity index (χ2v) is 5.09. The van der Waals surface area contributed by atoms with Crippen LogP contribution in [0.1, 0.15) is 6.92 Å². The molecule has 1 aliphatic rings. The molecular weight excluding hydrogens is 250 g/mol. The van der Waals surface area contributed by atoms with E-state index in [9.17, 15) is 0 Å². The Kier molecular flexibility index (Phi) is 4.14. The minimum absolute atomic E-state index is 0.349. The molecule has 20 heavy (non-hydrogen) atoms. The maximum atomic E-state index is 5.63. The van der Waals surface area contributed by atoms with Crippen molar-refractivity contribution in [1.82, 2.24) is 10.3 Å². The van der Waals surface area contributed by atoms with E-state index in [1.165, 1.54) is 10.8 Å². The molecule has 1 atom stereocenters. The second kappa shape index (κ2) is 6.20. The number of nitrogens with one attached hydrogen (secondary N) is 1. The van der Waals surface area contributed by atoms with Crippen LogP contribution in [0.3, 0.4) is 0 Å². The highest BCUT2D eigenvalue weighted by Gasteiger charge is 2.24. The van der Waals surface area contributed by atoms with E-state index < -0.39 is 0 Å². The molecular formula is C16H21N3O. The van der Waals surface area contributed by atoms with Crippen LogP contribution in [0.25, 0.3) is 10.8 Å². The molecule has 0 radical (unpaired) electrons. The lowest BCUT2D eigenvalue weighted by atomic mass is 10.1. The third-order valence-electron chi connectivity index (χ3n) is 3.78. The molecule has 1 aliphatic heterocycles. The van der Waals surface area contributed by atoms with E-state index in [0.717, 1.165) is 38.7 Å². The van der Waals surface area contributed by atoms with Gasteiger partial charge in [-0.15, -0.1) is 0 Å². The van der Waals surface area contributed by atoms with Crippen molar-refractivity contribution in [2.24, 2.45) is 0 Å². The smallest absolute Gasteiger partial charge is 0.136 e. The van der Waals surface area contributed by atoms with Crippen molar-refractivity contribution in [3.63, 3.8) is 0 Å².